The highest BCUT2D eigenvalue weighted by Crippen LogP contribution is 2.49. The third-order valence-corrected chi connectivity index (χ3v) is 3.14. The van der Waals surface area contributed by atoms with Crippen molar-refractivity contribution in [3.8, 4) is 0 Å². The second-order valence-corrected chi connectivity index (χ2v) is 5.95. The molecule has 0 N–H and O–H groups in total. The summed E-state index contributed by atoms with van der Waals surface area (Å²) in [4.78, 5) is 12.2. The number of aryl methyl sites for hydroxylation is 1. The molecule has 0 aromatic heterocycles. The molecule has 0 bridgehead atoms. The number of ether oxygens (including phenoxy) is 1. The van der Waals surface area contributed by atoms with Crippen LogP contribution in [-0.4, -0.2) is 11.6 Å². The van der Waals surface area contributed by atoms with Gasteiger partial charge in [-0.15, -0.1) is 0 Å². The number of esters is 1. The molecular formula is C15H20O2. The standard InChI is InChI=1S/C15H20O2/c1-11-5-7-12(8-6-11)15(9-10-15)13(16)17-14(2,3)4/h5-8H,9-10H2,1-4H3. The van der Waals surface area contributed by atoms with Crippen LogP contribution in [0.25, 0.3) is 0 Å². The highest BCUT2D eigenvalue weighted by Gasteiger charge is 2.53. The Morgan fingerprint density at radius 2 is 1.71 bits per heavy atom. The van der Waals surface area contributed by atoms with Crippen LogP contribution >= 0.6 is 0 Å². The van der Waals surface area contributed by atoms with Crippen molar-refractivity contribution < 1.29 is 9.53 Å². The van der Waals surface area contributed by atoms with Crippen LogP contribution in [0.1, 0.15) is 44.7 Å². The molecule has 1 aliphatic carbocycles. The van der Waals surface area contributed by atoms with Crippen molar-refractivity contribution in [3.63, 3.8) is 0 Å². The molecular weight excluding hydrogens is 212 g/mol. The number of carbonyl (C=O) groups excluding carboxylic acids is 1. The number of hydrogen-bond acceptors (Lipinski definition) is 2. The number of hydrogen-bond donors (Lipinski definition) is 0. The Morgan fingerprint density at radius 1 is 1.18 bits per heavy atom. The normalized spacial score (nSPS) is 17.6. The molecule has 2 nitrogen and oxygen atoms in total. The molecule has 0 saturated heterocycles. The highest BCUT2D eigenvalue weighted by atomic mass is 16.6. The zero-order chi connectivity index (χ0) is 12.7. The van der Waals surface area contributed by atoms with Gasteiger partial charge in [0, 0.05) is 0 Å². The zero-order valence-electron chi connectivity index (χ0n) is 11.0. The van der Waals surface area contributed by atoms with Gasteiger partial charge in [0.05, 0.1) is 5.41 Å². The molecule has 2 rings (SSSR count). The van der Waals surface area contributed by atoms with Crippen molar-refractivity contribution in [1.82, 2.24) is 0 Å². The highest BCUT2D eigenvalue weighted by molar-refractivity contribution is 5.86. The summed E-state index contributed by atoms with van der Waals surface area (Å²) in [7, 11) is 0. The van der Waals surface area contributed by atoms with Crippen LogP contribution in [-0.2, 0) is 14.9 Å². The van der Waals surface area contributed by atoms with E-state index in [2.05, 4.69) is 19.1 Å². The van der Waals surface area contributed by atoms with Gasteiger partial charge in [-0.1, -0.05) is 29.8 Å². The van der Waals surface area contributed by atoms with Crippen molar-refractivity contribution in [2.24, 2.45) is 0 Å². The molecule has 2 heteroatoms. The largest absolute Gasteiger partial charge is 0.459 e. The first-order chi connectivity index (χ1) is 7.83. The van der Waals surface area contributed by atoms with E-state index in [0.717, 1.165) is 18.4 Å². The first-order valence-electron chi connectivity index (χ1n) is 6.14. The Kier molecular flexibility index (Phi) is 2.76. The maximum absolute atomic E-state index is 12.2. The maximum atomic E-state index is 12.2. The van der Waals surface area contributed by atoms with Crippen molar-refractivity contribution >= 4 is 5.97 Å². The van der Waals surface area contributed by atoms with E-state index in [4.69, 9.17) is 4.74 Å². The first-order valence-corrected chi connectivity index (χ1v) is 6.14. The predicted octanol–water partition coefficient (Wildman–Crippen LogP) is 3.37. The smallest absolute Gasteiger partial charge is 0.317 e. The topological polar surface area (TPSA) is 26.3 Å². The summed E-state index contributed by atoms with van der Waals surface area (Å²) in [5.41, 5.74) is 1.55. The summed E-state index contributed by atoms with van der Waals surface area (Å²) in [6, 6.07) is 8.21. The summed E-state index contributed by atoms with van der Waals surface area (Å²) in [5, 5.41) is 0. The minimum atomic E-state index is -0.405. The van der Waals surface area contributed by atoms with E-state index in [-0.39, 0.29) is 11.4 Å². The summed E-state index contributed by atoms with van der Waals surface area (Å²) in [6.07, 6.45) is 1.82. The van der Waals surface area contributed by atoms with E-state index in [1.165, 1.54) is 5.56 Å². The zero-order valence-corrected chi connectivity index (χ0v) is 11.0. The lowest BCUT2D eigenvalue weighted by Crippen LogP contribution is -2.31. The summed E-state index contributed by atoms with van der Waals surface area (Å²) >= 11 is 0. The van der Waals surface area contributed by atoms with E-state index in [1.54, 1.807) is 0 Å². The van der Waals surface area contributed by atoms with Gasteiger partial charge in [0.1, 0.15) is 5.60 Å². The monoisotopic (exact) mass is 232 g/mol. The molecule has 0 atom stereocenters. The van der Waals surface area contributed by atoms with Crippen LogP contribution in [0.4, 0.5) is 0 Å². The SMILES string of the molecule is Cc1ccc(C2(C(=O)OC(C)(C)C)CC2)cc1. The Bertz CT molecular complexity index is 419. The van der Waals surface area contributed by atoms with Crippen LogP contribution in [0.2, 0.25) is 0 Å². The van der Waals surface area contributed by atoms with Crippen LogP contribution in [0.15, 0.2) is 24.3 Å². The van der Waals surface area contributed by atoms with Crippen molar-refractivity contribution in [3.05, 3.63) is 35.4 Å². The molecule has 0 unspecified atom stereocenters. The summed E-state index contributed by atoms with van der Waals surface area (Å²) in [6.45, 7) is 7.79. The predicted molar refractivity (Wildman–Crippen MR) is 67.9 cm³/mol. The van der Waals surface area contributed by atoms with Crippen molar-refractivity contribution in [2.45, 2.75) is 51.6 Å². The molecule has 0 spiro atoms. The molecule has 0 heterocycles. The van der Waals surface area contributed by atoms with Gasteiger partial charge in [0.2, 0.25) is 0 Å². The van der Waals surface area contributed by atoms with Crippen LogP contribution in [0.5, 0.6) is 0 Å². The van der Waals surface area contributed by atoms with Gasteiger partial charge in [-0.2, -0.15) is 0 Å². The average Bonchev–Trinajstić information content (AvgIpc) is 2.97. The van der Waals surface area contributed by atoms with Gasteiger partial charge in [-0.05, 0) is 46.1 Å². The number of benzene rings is 1. The van der Waals surface area contributed by atoms with Crippen molar-refractivity contribution in [1.29, 1.82) is 0 Å². The molecule has 0 aliphatic heterocycles. The lowest BCUT2D eigenvalue weighted by molar-refractivity contribution is -0.158. The second kappa shape index (κ2) is 3.86. The molecule has 1 aromatic rings. The number of carbonyl (C=O) groups is 1. The molecule has 0 radical (unpaired) electrons. The third-order valence-electron chi connectivity index (χ3n) is 3.14. The Hall–Kier alpha value is -1.31. The fraction of sp³-hybridized carbons (Fsp3) is 0.533. The van der Waals surface area contributed by atoms with E-state index >= 15 is 0 Å². The van der Waals surface area contributed by atoms with Gasteiger partial charge in [-0.3, -0.25) is 4.79 Å². The molecule has 1 saturated carbocycles. The third kappa shape index (κ3) is 2.51. The molecule has 0 amide bonds. The Labute approximate surface area is 103 Å². The van der Waals surface area contributed by atoms with E-state index in [9.17, 15) is 4.79 Å². The summed E-state index contributed by atoms with van der Waals surface area (Å²) in [5.74, 6) is -0.0751. The van der Waals surface area contributed by atoms with E-state index < -0.39 is 5.60 Å². The quantitative estimate of drug-likeness (QED) is 0.731. The van der Waals surface area contributed by atoms with E-state index in [0.29, 0.717) is 0 Å². The molecule has 1 aromatic carbocycles. The Morgan fingerprint density at radius 3 is 2.12 bits per heavy atom. The van der Waals surface area contributed by atoms with E-state index in [1.807, 2.05) is 32.9 Å². The fourth-order valence-electron chi connectivity index (χ4n) is 1.98. The fourth-order valence-corrected chi connectivity index (χ4v) is 1.98. The summed E-state index contributed by atoms with van der Waals surface area (Å²) < 4.78 is 5.51. The molecule has 1 fully saturated rings. The maximum Gasteiger partial charge on any atom is 0.317 e. The van der Waals surface area contributed by atoms with Gasteiger partial charge in [0.25, 0.3) is 0 Å². The van der Waals surface area contributed by atoms with Crippen molar-refractivity contribution in [2.75, 3.05) is 0 Å². The average molecular weight is 232 g/mol. The molecule has 1 aliphatic rings. The van der Waals surface area contributed by atoms with Crippen LogP contribution in [0.3, 0.4) is 0 Å². The van der Waals surface area contributed by atoms with Crippen LogP contribution in [0, 0.1) is 6.92 Å². The van der Waals surface area contributed by atoms with Crippen LogP contribution < -0.4 is 0 Å². The lowest BCUT2D eigenvalue weighted by Gasteiger charge is -2.24. The minimum absolute atomic E-state index is 0.0751. The van der Waals surface area contributed by atoms with Gasteiger partial charge in [-0.25, -0.2) is 0 Å². The second-order valence-electron chi connectivity index (χ2n) is 5.95. The van der Waals surface area contributed by atoms with Gasteiger partial charge < -0.3 is 4.74 Å². The molecule has 92 valence electrons. The number of rotatable bonds is 2. The molecule has 17 heavy (non-hydrogen) atoms. The lowest BCUT2D eigenvalue weighted by atomic mass is 9.95. The van der Waals surface area contributed by atoms with Gasteiger partial charge in [0.15, 0.2) is 0 Å². The van der Waals surface area contributed by atoms with Gasteiger partial charge >= 0.3 is 5.97 Å². The Balaban J connectivity index is 2.20. The first kappa shape index (κ1) is 12.2. The minimum Gasteiger partial charge on any atom is -0.459 e.